The van der Waals surface area contributed by atoms with Crippen molar-refractivity contribution in [1.29, 1.82) is 0 Å². The van der Waals surface area contributed by atoms with Crippen LogP contribution in [-0.2, 0) is 6.42 Å². The molecule has 0 amide bonds. The Bertz CT molecular complexity index is 507. The van der Waals surface area contributed by atoms with Gasteiger partial charge < -0.3 is 0 Å². The number of pyridine rings is 1. The number of Topliss-reactive ketones (excluding diaryl/α,β-unsaturated/α-hetero) is 1. The molecule has 2 aromatic heterocycles. The molecule has 0 saturated carbocycles. The predicted molar refractivity (Wildman–Crippen MR) is 72.0 cm³/mol. The summed E-state index contributed by atoms with van der Waals surface area (Å²) in [4.78, 5) is 17.0. The first-order valence-electron chi connectivity index (χ1n) is 4.53. The van der Waals surface area contributed by atoms with Crippen molar-refractivity contribution in [1.82, 2.24) is 4.98 Å². The lowest BCUT2D eigenvalue weighted by Gasteiger charge is -1.99. The van der Waals surface area contributed by atoms with Crippen LogP contribution in [0.1, 0.15) is 15.4 Å². The van der Waals surface area contributed by atoms with E-state index in [-0.39, 0.29) is 5.78 Å². The van der Waals surface area contributed by atoms with Crippen molar-refractivity contribution in [3.05, 3.63) is 49.3 Å². The van der Waals surface area contributed by atoms with E-state index in [2.05, 4.69) is 36.8 Å². The molecule has 0 saturated heterocycles. The van der Waals surface area contributed by atoms with Gasteiger partial charge >= 0.3 is 0 Å². The number of aromatic nitrogens is 1. The molecule has 0 radical (unpaired) electrons. The van der Waals surface area contributed by atoms with Crippen molar-refractivity contribution >= 4 is 49.0 Å². The second kappa shape index (κ2) is 5.21. The topological polar surface area (TPSA) is 30.0 Å². The Morgan fingerprint density at radius 1 is 1.31 bits per heavy atom. The maximum Gasteiger partial charge on any atom is 0.186 e. The largest absolute Gasteiger partial charge is 0.292 e. The highest BCUT2D eigenvalue weighted by atomic mass is 79.9. The second-order valence-corrected chi connectivity index (χ2v) is 5.92. The Labute approximate surface area is 114 Å². The number of thiophene rings is 1. The Morgan fingerprint density at radius 3 is 2.69 bits per heavy atom. The van der Waals surface area contributed by atoms with Crippen molar-refractivity contribution < 1.29 is 4.79 Å². The summed E-state index contributed by atoms with van der Waals surface area (Å²) in [5.41, 5.74) is 0.503. The van der Waals surface area contributed by atoms with E-state index >= 15 is 0 Å². The van der Waals surface area contributed by atoms with Crippen LogP contribution in [-0.4, -0.2) is 10.8 Å². The summed E-state index contributed by atoms with van der Waals surface area (Å²) in [5.74, 6) is 0.0376. The standard InChI is InChI=1S/C11H7Br2NOS/c12-7-1-2-9(14-6-7)10(15)5-11-8(13)3-4-16-11/h1-4,6H,5H2. The summed E-state index contributed by atoms with van der Waals surface area (Å²) >= 11 is 8.27. The Morgan fingerprint density at radius 2 is 2.12 bits per heavy atom. The molecular weight excluding hydrogens is 354 g/mol. The van der Waals surface area contributed by atoms with Gasteiger partial charge in [0, 0.05) is 26.4 Å². The second-order valence-electron chi connectivity index (χ2n) is 3.15. The summed E-state index contributed by atoms with van der Waals surface area (Å²) in [6, 6.07) is 5.50. The van der Waals surface area contributed by atoms with E-state index in [4.69, 9.17) is 0 Å². The van der Waals surface area contributed by atoms with Crippen LogP contribution in [0.5, 0.6) is 0 Å². The average molecular weight is 361 g/mol. The van der Waals surface area contributed by atoms with Gasteiger partial charge in [0.15, 0.2) is 5.78 Å². The highest BCUT2D eigenvalue weighted by Crippen LogP contribution is 2.24. The Hall–Kier alpha value is -0.520. The first-order valence-corrected chi connectivity index (χ1v) is 7.00. The molecule has 0 fully saturated rings. The fourth-order valence-electron chi connectivity index (χ4n) is 1.23. The zero-order chi connectivity index (χ0) is 11.5. The van der Waals surface area contributed by atoms with E-state index in [0.717, 1.165) is 13.8 Å². The van der Waals surface area contributed by atoms with E-state index in [0.29, 0.717) is 12.1 Å². The monoisotopic (exact) mass is 359 g/mol. The SMILES string of the molecule is O=C(Cc1sccc1Br)c1ccc(Br)cn1. The molecule has 0 spiro atoms. The molecule has 2 heterocycles. The first kappa shape index (κ1) is 12.0. The van der Waals surface area contributed by atoms with E-state index in [9.17, 15) is 4.79 Å². The van der Waals surface area contributed by atoms with Crippen LogP contribution < -0.4 is 0 Å². The van der Waals surface area contributed by atoms with Crippen LogP contribution in [0.25, 0.3) is 0 Å². The van der Waals surface area contributed by atoms with Gasteiger partial charge in [0.2, 0.25) is 0 Å². The molecule has 0 aromatic carbocycles. The maximum absolute atomic E-state index is 11.9. The minimum Gasteiger partial charge on any atom is -0.292 e. The highest BCUT2D eigenvalue weighted by molar-refractivity contribution is 9.10. The first-order chi connectivity index (χ1) is 7.66. The molecule has 0 aliphatic heterocycles. The third-order valence-corrected chi connectivity index (χ3v) is 4.42. The minimum atomic E-state index is 0.0376. The summed E-state index contributed by atoms with van der Waals surface area (Å²) in [7, 11) is 0. The quantitative estimate of drug-likeness (QED) is 0.771. The molecule has 0 unspecified atom stereocenters. The van der Waals surface area contributed by atoms with Gasteiger partial charge in [0.05, 0.1) is 0 Å². The normalized spacial score (nSPS) is 10.4. The smallest absolute Gasteiger partial charge is 0.186 e. The Kier molecular flexibility index (Phi) is 3.89. The fraction of sp³-hybridized carbons (Fsp3) is 0.0909. The average Bonchev–Trinajstić information content (AvgIpc) is 2.65. The maximum atomic E-state index is 11.9. The zero-order valence-corrected chi connectivity index (χ0v) is 12.1. The number of ketones is 1. The molecule has 0 aliphatic rings. The van der Waals surface area contributed by atoms with Gasteiger partial charge in [0.1, 0.15) is 5.69 Å². The molecule has 0 N–H and O–H groups in total. The van der Waals surface area contributed by atoms with Crippen molar-refractivity contribution in [2.75, 3.05) is 0 Å². The van der Waals surface area contributed by atoms with E-state index < -0.39 is 0 Å². The van der Waals surface area contributed by atoms with Crippen LogP contribution in [0, 0.1) is 0 Å². The highest BCUT2D eigenvalue weighted by Gasteiger charge is 2.11. The number of carbonyl (C=O) groups excluding carboxylic acids is 1. The zero-order valence-electron chi connectivity index (χ0n) is 8.11. The third kappa shape index (κ3) is 2.78. The van der Waals surface area contributed by atoms with Crippen molar-refractivity contribution in [2.24, 2.45) is 0 Å². The van der Waals surface area contributed by atoms with Gasteiger partial charge in [-0.25, -0.2) is 0 Å². The molecule has 0 bridgehead atoms. The van der Waals surface area contributed by atoms with Crippen LogP contribution >= 0.6 is 43.2 Å². The van der Waals surface area contributed by atoms with Gasteiger partial charge in [-0.3, -0.25) is 9.78 Å². The summed E-state index contributed by atoms with van der Waals surface area (Å²) in [6.45, 7) is 0. The number of nitrogens with zero attached hydrogens (tertiary/aromatic N) is 1. The lowest BCUT2D eigenvalue weighted by atomic mass is 10.2. The van der Waals surface area contributed by atoms with Crippen molar-refractivity contribution in [3.8, 4) is 0 Å². The van der Waals surface area contributed by atoms with Crippen LogP contribution in [0.4, 0.5) is 0 Å². The minimum absolute atomic E-state index is 0.0376. The number of carbonyl (C=O) groups is 1. The van der Waals surface area contributed by atoms with Crippen LogP contribution in [0.3, 0.4) is 0 Å². The molecule has 16 heavy (non-hydrogen) atoms. The molecule has 5 heteroatoms. The summed E-state index contributed by atoms with van der Waals surface area (Å²) in [6.07, 6.45) is 2.03. The van der Waals surface area contributed by atoms with Gasteiger partial charge in [-0.15, -0.1) is 11.3 Å². The summed E-state index contributed by atoms with van der Waals surface area (Å²) < 4.78 is 1.87. The molecule has 2 nitrogen and oxygen atoms in total. The molecule has 0 aliphatic carbocycles. The fourth-order valence-corrected chi connectivity index (χ4v) is 2.95. The van der Waals surface area contributed by atoms with E-state index in [1.807, 2.05) is 17.5 Å². The van der Waals surface area contributed by atoms with Crippen LogP contribution in [0.15, 0.2) is 38.7 Å². The Balaban J connectivity index is 2.15. The third-order valence-electron chi connectivity index (χ3n) is 2.03. The van der Waals surface area contributed by atoms with Crippen molar-refractivity contribution in [3.63, 3.8) is 0 Å². The number of hydrogen-bond donors (Lipinski definition) is 0. The van der Waals surface area contributed by atoms with E-state index in [1.165, 1.54) is 0 Å². The molecule has 0 atom stereocenters. The predicted octanol–water partition coefficient (Wildman–Crippen LogP) is 4.09. The lowest BCUT2D eigenvalue weighted by Crippen LogP contribution is -2.04. The van der Waals surface area contributed by atoms with Gasteiger partial charge in [-0.05, 0) is 55.4 Å². The lowest BCUT2D eigenvalue weighted by molar-refractivity contribution is 0.0989. The van der Waals surface area contributed by atoms with Crippen LogP contribution in [0.2, 0.25) is 0 Å². The van der Waals surface area contributed by atoms with Gasteiger partial charge in [-0.2, -0.15) is 0 Å². The van der Waals surface area contributed by atoms with Gasteiger partial charge in [-0.1, -0.05) is 0 Å². The van der Waals surface area contributed by atoms with E-state index in [1.54, 1.807) is 23.6 Å². The molecule has 2 aromatic rings. The van der Waals surface area contributed by atoms with Gasteiger partial charge in [0.25, 0.3) is 0 Å². The molecule has 82 valence electrons. The van der Waals surface area contributed by atoms with Crippen molar-refractivity contribution in [2.45, 2.75) is 6.42 Å². The molecular formula is C11H7Br2NOS. The number of halogens is 2. The molecule has 2 rings (SSSR count). The number of hydrogen-bond acceptors (Lipinski definition) is 3. The number of rotatable bonds is 3. The summed E-state index contributed by atoms with van der Waals surface area (Å²) in [5, 5.41) is 1.96.